The van der Waals surface area contributed by atoms with Gasteiger partial charge in [-0.25, -0.2) is 4.98 Å². The van der Waals surface area contributed by atoms with Crippen LogP contribution in [0.2, 0.25) is 5.02 Å². The SMILES string of the molecule is CCCc1ccncc1-c1nc(-c2ccc(Cl)cc2)c(C)s1. The summed E-state index contributed by atoms with van der Waals surface area (Å²) in [6, 6.07) is 9.94. The Morgan fingerprint density at radius 1 is 1.14 bits per heavy atom. The summed E-state index contributed by atoms with van der Waals surface area (Å²) in [5.41, 5.74) is 4.60. The topological polar surface area (TPSA) is 25.8 Å². The second-order valence-electron chi connectivity index (χ2n) is 5.21. The molecule has 0 fully saturated rings. The van der Waals surface area contributed by atoms with Crippen molar-refractivity contribution in [2.75, 3.05) is 0 Å². The van der Waals surface area contributed by atoms with Gasteiger partial charge in [0.15, 0.2) is 0 Å². The molecule has 0 radical (unpaired) electrons. The van der Waals surface area contributed by atoms with Crippen LogP contribution in [-0.2, 0) is 6.42 Å². The van der Waals surface area contributed by atoms with Crippen LogP contribution < -0.4 is 0 Å². The molecule has 0 aliphatic rings. The Hall–Kier alpha value is -1.71. The van der Waals surface area contributed by atoms with Crippen molar-refractivity contribution in [1.29, 1.82) is 0 Å². The molecule has 4 heteroatoms. The minimum Gasteiger partial charge on any atom is -0.264 e. The van der Waals surface area contributed by atoms with Crippen molar-refractivity contribution in [2.24, 2.45) is 0 Å². The number of benzene rings is 1. The van der Waals surface area contributed by atoms with Crippen molar-refractivity contribution in [3.8, 4) is 21.8 Å². The highest BCUT2D eigenvalue weighted by molar-refractivity contribution is 7.15. The van der Waals surface area contributed by atoms with E-state index >= 15 is 0 Å². The molecule has 0 unspecified atom stereocenters. The third-order valence-corrected chi connectivity index (χ3v) is 4.83. The summed E-state index contributed by atoms with van der Waals surface area (Å²) in [6.45, 7) is 4.30. The van der Waals surface area contributed by atoms with E-state index in [4.69, 9.17) is 16.6 Å². The fourth-order valence-electron chi connectivity index (χ4n) is 2.49. The van der Waals surface area contributed by atoms with E-state index in [1.807, 2.05) is 36.7 Å². The summed E-state index contributed by atoms with van der Waals surface area (Å²) in [4.78, 5) is 10.3. The van der Waals surface area contributed by atoms with Gasteiger partial charge in [0.25, 0.3) is 0 Å². The number of hydrogen-bond acceptors (Lipinski definition) is 3. The quantitative estimate of drug-likeness (QED) is 0.606. The highest BCUT2D eigenvalue weighted by Crippen LogP contribution is 2.35. The predicted molar refractivity (Wildman–Crippen MR) is 94.5 cm³/mol. The van der Waals surface area contributed by atoms with E-state index < -0.39 is 0 Å². The molecule has 0 saturated heterocycles. The first-order valence-corrected chi connectivity index (χ1v) is 8.55. The molecule has 112 valence electrons. The molecule has 0 saturated carbocycles. The van der Waals surface area contributed by atoms with Gasteiger partial charge in [0, 0.05) is 33.4 Å². The van der Waals surface area contributed by atoms with E-state index in [1.54, 1.807) is 11.3 Å². The van der Waals surface area contributed by atoms with Gasteiger partial charge in [-0.1, -0.05) is 37.1 Å². The number of nitrogens with zero attached hydrogens (tertiary/aromatic N) is 2. The zero-order valence-electron chi connectivity index (χ0n) is 12.6. The molecule has 22 heavy (non-hydrogen) atoms. The average molecular weight is 329 g/mol. The number of pyridine rings is 1. The monoisotopic (exact) mass is 328 g/mol. The van der Waals surface area contributed by atoms with Gasteiger partial charge < -0.3 is 0 Å². The van der Waals surface area contributed by atoms with Crippen LogP contribution in [0.5, 0.6) is 0 Å². The summed E-state index contributed by atoms with van der Waals surface area (Å²) in [7, 11) is 0. The summed E-state index contributed by atoms with van der Waals surface area (Å²) < 4.78 is 0. The van der Waals surface area contributed by atoms with Crippen LogP contribution in [0.25, 0.3) is 21.8 Å². The first kappa shape index (κ1) is 15.2. The van der Waals surface area contributed by atoms with Crippen LogP contribution in [0.15, 0.2) is 42.7 Å². The lowest BCUT2D eigenvalue weighted by atomic mass is 10.1. The number of rotatable bonds is 4. The molecule has 1 aromatic carbocycles. The number of hydrogen-bond donors (Lipinski definition) is 0. The molecule has 0 bridgehead atoms. The van der Waals surface area contributed by atoms with Gasteiger partial charge in [-0.15, -0.1) is 11.3 Å². The minimum absolute atomic E-state index is 0.745. The van der Waals surface area contributed by atoms with Crippen molar-refractivity contribution in [1.82, 2.24) is 9.97 Å². The zero-order chi connectivity index (χ0) is 15.5. The number of halogens is 1. The highest BCUT2D eigenvalue weighted by atomic mass is 35.5. The van der Waals surface area contributed by atoms with Crippen LogP contribution in [-0.4, -0.2) is 9.97 Å². The lowest BCUT2D eigenvalue weighted by Crippen LogP contribution is -1.90. The van der Waals surface area contributed by atoms with E-state index in [1.165, 1.54) is 10.4 Å². The lowest BCUT2D eigenvalue weighted by Gasteiger charge is -2.04. The molecule has 2 nitrogen and oxygen atoms in total. The number of thiazole rings is 1. The van der Waals surface area contributed by atoms with Gasteiger partial charge >= 0.3 is 0 Å². The average Bonchev–Trinajstić information content (AvgIpc) is 2.91. The van der Waals surface area contributed by atoms with Crippen molar-refractivity contribution in [3.05, 3.63) is 58.2 Å². The second kappa shape index (κ2) is 6.59. The Balaban J connectivity index is 2.04. The summed E-state index contributed by atoms with van der Waals surface area (Å²) in [6.07, 6.45) is 5.95. The molecule has 2 aromatic heterocycles. The van der Waals surface area contributed by atoms with E-state index in [9.17, 15) is 0 Å². The van der Waals surface area contributed by atoms with Crippen LogP contribution in [0.3, 0.4) is 0 Å². The Labute approximate surface area is 139 Å². The van der Waals surface area contributed by atoms with Crippen molar-refractivity contribution in [2.45, 2.75) is 26.7 Å². The van der Waals surface area contributed by atoms with Gasteiger partial charge in [-0.05, 0) is 37.1 Å². The molecular weight excluding hydrogens is 312 g/mol. The maximum Gasteiger partial charge on any atom is 0.126 e. The van der Waals surface area contributed by atoms with Crippen molar-refractivity contribution >= 4 is 22.9 Å². The molecular formula is C18H17ClN2S. The van der Waals surface area contributed by atoms with Crippen LogP contribution in [0, 0.1) is 6.92 Å². The predicted octanol–water partition coefficient (Wildman–Crippen LogP) is 5.79. The lowest BCUT2D eigenvalue weighted by molar-refractivity contribution is 0.920. The number of aromatic nitrogens is 2. The van der Waals surface area contributed by atoms with Crippen LogP contribution in [0.1, 0.15) is 23.8 Å². The Bertz CT molecular complexity index is 778. The molecule has 0 spiro atoms. The molecule has 0 aliphatic heterocycles. The van der Waals surface area contributed by atoms with E-state index in [2.05, 4.69) is 24.9 Å². The van der Waals surface area contributed by atoms with E-state index in [-0.39, 0.29) is 0 Å². The smallest absolute Gasteiger partial charge is 0.126 e. The van der Waals surface area contributed by atoms with Gasteiger partial charge in [0.05, 0.1) is 5.69 Å². The fourth-order valence-corrected chi connectivity index (χ4v) is 3.60. The first-order valence-electron chi connectivity index (χ1n) is 7.35. The van der Waals surface area contributed by atoms with Gasteiger partial charge in [-0.3, -0.25) is 4.98 Å². The Kier molecular flexibility index (Phi) is 4.55. The minimum atomic E-state index is 0.745. The van der Waals surface area contributed by atoms with E-state index in [0.717, 1.165) is 39.7 Å². The third kappa shape index (κ3) is 3.06. The van der Waals surface area contributed by atoms with Gasteiger partial charge in [0.1, 0.15) is 5.01 Å². The van der Waals surface area contributed by atoms with Crippen LogP contribution >= 0.6 is 22.9 Å². The second-order valence-corrected chi connectivity index (χ2v) is 6.85. The first-order chi connectivity index (χ1) is 10.7. The summed E-state index contributed by atoms with van der Waals surface area (Å²) in [5.74, 6) is 0. The van der Waals surface area contributed by atoms with Crippen molar-refractivity contribution in [3.63, 3.8) is 0 Å². The third-order valence-electron chi connectivity index (χ3n) is 3.58. The molecule has 0 atom stereocenters. The van der Waals surface area contributed by atoms with Gasteiger partial charge in [-0.2, -0.15) is 0 Å². The normalized spacial score (nSPS) is 10.9. The maximum absolute atomic E-state index is 5.97. The molecule has 0 N–H and O–H groups in total. The Morgan fingerprint density at radius 2 is 1.91 bits per heavy atom. The highest BCUT2D eigenvalue weighted by Gasteiger charge is 2.14. The largest absolute Gasteiger partial charge is 0.264 e. The molecule has 0 aliphatic carbocycles. The van der Waals surface area contributed by atoms with Crippen LogP contribution in [0.4, 0.5) is 0 Å². The fraction of sp³-hybridized carbons (Fsp3) is 0.222. The maximum atomic E-state index is 5.97. The summed E-state index contributed by atoms with van der Waals surface area (Å²) in [5, 5.41) is 1.79. The molecule has 3 rings (SSSR count). The van der Waals surface area contributed by atoms with Gasteiger partial charge in [0.2, 0.25) is 0 Å². The van der Waals surface area contributed by atoms with Crippen molar-refractivity contribution < 1.29 is 0 Å². The summed E-state index contributed by atoms with van der Waals surface area (Å²) >= 11 is 7.69. The zero-order valence-corrected chi connectivity index (χ0v) is 14.2. The Morgan fingerprint density at radius 3 is 2.64 bits per heavy atom. The van der Waals surface area contributed by atoms with E-state index in [0.29, 0.717) is 0 Å². The molecule has 0 amide bonds. The molecule has 2 heterocycles. The standard InChI is InChI=1S/C18H17ClN2S/c1-3-4-13-9-10-20-11-16(13)18-21-17(12(2)22-18)14-5-7-15(19)8-6-14/h5-11H,3-4H2,1-2H3. The molecule has 3 aromatic rings. The number of aryl methyl sites for hydroxylation is 2.